The molecule has 4 heteroatoms. The van der Waals surface area contributed by atoms with Crippen molar-refractivity contribution in [2.45, 2.75) is 62.9 Å². The molecule has 3 fully saturated rings. The van der Waals surface area contributed by atoms with Gasteiger partial charge >= 0.3 is 0 Å². The summed E-state index contributed by atoms with van der Waals surface area (Å²) in [6, 6.07) is 20.1. The first-order valence-corrected chi connectivity index (χ1v) is 11.9. The average Bonchev–Trinajstić information content (AvgIpc) is 3.24. The monoisotopic (exact) mass is 416 g/mol. The molecule has 2 aliphatic heterocycles. The summed E-state index contributed by atoms with van der Waals surface area (Å²) in [5.41, 5.74) is 2.08. The van der Waals surface area contributed by atoms with Crippen LogP contribution >= 0.6 is 0 Å². The Morgan fingerprint density at radius 2 is 1.42 bits per heavy atom. The van der Waals surface area contributed by atoms with Crippen molar-refractivity contribution < 1.29 is 9.59 Å². The van der Waals surface area contributed by atoms with E-state index in [0.717, 1.165) is 51.6 Å². The summed E-state index contributed by atoms with van der Waals surface area (Å²) >= 11 is 0. The number of hydrogen-bond acceptors (Lipinski definition) is 2. The van der Waals surface area contributed by atoms with E-state index in [1.807, 2.05) is 40.1 Å². The summed E-state index contributed by atoms with van der Waals surface area (Å²) < 4.78 is 0. The molecule has 0 radical (unpaired) electrons. The van der Waals surface area contributed by atoms with Crippen LogP contribution < -0.4 is 0 Å². The molecule has 1 aliphatic carbocycles. The molecule has 0 bridgehead atoms. The number of fused-ring (bicyclic) bond motifs is 1. The Labute approximate surface area is 185 Å². The van der Waals surface area contributed by atoms with Crippen LogP contribution in [0.15, 0.2) is 60.7 Å². The second-order valence-corrected chi connectivity index (χ2v) is 9.45. The van der Waals surface area contributed by atoms with Gasteiger partial charge in [0.05, 0.1) is 0 Å². The van der Waals surface area contributed by atoms with Gasteiger partial charge in [0.2, 0.25) is 5.91 Å². The maximum atomic E-state index is 13.7. The molecule has 162 valence electrons. The average molecular weight is 417 g/mol. The highest BCUT2D eigenvalue weighted by atomic mass is 16.2. The van der Waals surface area contributed by atoms with Crippen LogP contribution in [0, 0.1) is 5.92 Å². The zero-order chi connectivity index (χ0) is 21.2. The number of nitrogens with zero attached hydrogens (tertiary/aromatic N) is 2. The fourth-order valence-electron chi connectivity index (χ4n) is 6.07. The largest absolute Gasteiger partial charge is 0.341 e. The van der Waals surface area contributed by atoms with Gasteiger partial charge in [-0.05, 0) is 61.6 Å². The molecule has 4 nitrogen and oxygen atoms in total. The van der Waals surface area contributed by atoms with Crippen LogP contribution in [0.25, 0.3) is 0 Å². The van der Waals surface area contributed by atoms with Crippen LogP contribution in [-0.2, 0) is 4.79 Å². The van der Waals surface area contributed by atoms with E-state index in [2.05, 4.69) is 30.3 Å². The molecule has 3 unspecified atom stereocenters. The van der Waals surface area contributed by atoms with Crippen molar-refractivity contribution in [2.75, 3.05) is 13.1 Å². The SMILES string of the molecule is O=C(C1CC2CCCCC2N1C(=O)c1ccccc1)N1CCC(c2ccccc2)CC1. The van der Waals surface area contributed by atoms with Crippen molar-refractivity contribution in [1.29, 1.82) is 0 Å². The van der Waals surface area contributed by atoms with Crippen molar-refractivity contribution >= 4 is 11.8 Å². The van der Waals surface area contributed by atoms with E-state index in [1.165, 1.54) is 12.0 Å². The molecule has 1 saturated carbocycles. The Bertz CT molecular complexity index is 905. The summed E-state index contributed by atoms with van der Waals surface area (Å²) in [5.74, 6) is 1.20. The minimum absolute atomic E-state index is 0.0347. The normalized spacial score (nSPS) is 26.5. The highest BCUT2D eigenvalue weighted by Gasteiger charge is 2.48. The zero-order valence-corrected chi connectivity index (χ0v) is 18.2. The van der Waals surface area contributed by atoms with E-state index in [9.17, 15) is 9.59 Å². The van der Waals surface area contributed by atoms with Gasteiger partial charge in [-0.25, -0.2) is 0 Å². The van der Waals surface area contributed by atoms with Gasteiger partial charge in [0, 0.05) is 24.7 Å². The lowest BCUT2D eigenvalue weighted by Crippen LogP contribution is -2.52. The van der Waals surface area contributed by atoms with Gasteiger partial charge in [-0.3, -0.25) is 9.59 Å². The number of amides is 2. The molecule has 0 spiro atoms. The van der Waals surface area contributed by atoms with Crippen molar-refractivity contribution in [1.82, 2.24) is 9.80 Å². The van der Waals surface area contributed by atoms with Crippen LogP contribution in [0.1, 0.15) is 66.8 Å². The van der Waals surface area contributed by atoms with E-state index < -0.39 is 0 Å². The van der Waals surface area contributed by atoms with Crippen LogP contribution in [-0.4, -0.2) is 46.8 Å². The van der Waals surface area contributed by atoms with Gasteiger partial charge in [0.1, 0.15) is 6.04 Å². The first-order chi connectivity index (χ1) is 15.2. The highest BCUT2D eigenvalue weighted by molar-refractivity contribution is 5.98. The Morgan fingerprint density at radius 1 is 0.774 bits per heavy atom. The summed E-state index contributed by atoms with van der Waals surface area (Å²) in [5, 5.41) is 0. The van der Waals surface area contributed by atoms with Gasteiger partial charge in [-0.15, -0.1) is 0 Å². The maximum Gasteiger partial charge on any atom is 0.254 e. The minimum atomic E-state index is -0.297. The fourth-order valence-corrected chi connectivity index (χ4v) is 6.07. The van der Waals surface area contributed by atoms with E-state index in [4.69, 9.17) is 0 Å². The van der Waals surface area contributed by atoms with Crippen LogP contribution in [0.2, 0.25) is 0 Å². The third kappa shape index (κ3) is 4.00. The highest BCUT2D eigenvalue weighted by Crippen LogP contribution is 2.41. The fraction of sp³-hybridized carbons (Fsp3) is 0.481. The van der Waals surface area contributed by atoms with Gasteiger partial charge in [-0.1, -0.05) is 61.4 Å². The van der Waals surface area contributed by atoms with Crippen LogP contribution in [0.4, 0.5) is 0 Å². The topological polar surface area (TPSA) is 40.6 Å². The number of benzene rings is 2. The number of hydrogen-bond donors (Lipinski definition) is 0. The molecule has 2 aromatic rings. The van der Waals surface area contributed by atoms with E-state index in [0.29, 0.717) is 17.4 Å². The second kappa shape index (κ2) is 8.86. The van der Waals surface area contributed by atoms with Crippen molar-refractivity contribution in [3.8, 4) is 0 Å². The van der Waals surface area contributed by atoms with E-state index in [-0.39, 0.29) is 23.9 Å². The van der Waals surface area contributed by atoms with Crippen LogP contribution in [0.5, 0.6) is 0 Å². The number of rotatable bonds is 3. The summed E-state index contributed by atoms with van der Waals surface area (Å²) in [6.07, 6.45) is 7.39. The zero-order valence-electron chi connectivity index (χ0n) is 18.2. The number of likely N-dealkylation sites (tertiary alicyclic amines) is 2. The predicted molar refractivity (Wildman–Crippen MR) is 122 cm³/mol. The predicted octanol–water partition coefficient (Wildman–Crippen LogP) is 4.87. The van der Waals surface area contributed by atoms with Crippen molar-refractivity contribution in [3.63, 3.8) is 0 Å². The summed E-state index contributed by atoms with van der Waals surface area (Å²) in [7, 11) is 0. The lowest BCUT2D eigenvalue weighted by atomic mass is 9.84. The van der Waals surface area contributed by atoms with E-state index >= 15 is 0 Å². The number of carbonyl (C=O) groups excluding carboxylic acids is 2. The molecule has 2 aromatic carbocycles. The van der Waals surface area contributed by atoms with Crippen LogP contribution in [0.3, 0.4) is 0 Å². The minimum Gasteiger partial charge on any atom is -0.341 e. The third-order valence-electron chi connectivity index (χ3n) is 7.71. The number of carbonyl (C=O) groups is 2. The standard InChI is InChI=1S/C27H32N2O2/c30-26(22-11-5-2-6-12-22)29-24-14-8-7-13-23(24)19-25(29)27(31)28-17-15-21(16-18-28)20-9-3-1-4-10-20/h1-6,9-12,21,23-25H,7-8,13-19H2. The Kier molecular flexibility index (Phi) is 5.80. The quantitative estimate of drug-likeness (QED) is 0.716. The molecular weight excluding hydrogens is 384 g/mol. The molecule has 2 heterocycles. The first-order valence-electron chi connectivity index (χ1n) is 11.9. The van der Waals surface area contributed by atoms with Gasteiger partial charge in [0.15, 0.2) is 0 Å². The molecule has 0 N–H and O–H groups in total. The third-order valence-corrected chi connectivity index (χ3v) is 7.71. The number of piperidine rings is 1. The molecule has 3 aliphatic rings. The van der Waals surface area contributed by atoms with E-state index in [1.54, 1.807) is 0 Å². The lowest BCUT2D eigenvalue weighted by molar-refractivity contribution is -0.136. The Morgan fingerprint density at radius 3 is 2.13 bits per heavy atom. The lowest BCUT2D eigenvalue weighted by Gasteiger charge is -2.37. The second-order valence-electron chi connectivity index (χ2n) is 9.45. The maximum absolute atomic E-state index is 13.7. The molecule has 31 heavy (non-hydrogen) atoms. The Hall–Kier alpha value is -2.62. The van der Waals surface area contributed by atoms with Crippen molar-refractivity contribution in [2.24, 2.45) is 5.92 Å². The summed E-state index contributed by atoms with van der Waals surface area (Å²) in [6.45, 7) is 1.58. The molecule has 5 rings (SSSR count). The summed E-state index contributed by atoms with van der Waals surface area (Å²) in [4.78, 5) is 31.2. The molecule has 2 amide bonds. The van der Waals surface area contributed by atoms with Crippen molar-refractivity contribution in [3.05, 3.63) is 71.8 Å². The molecule has 2 saturated heterocycles. The Balaban J connectivity index is 1.32. The van der Waals surface area contributed by atoms with Gasteiger partial charge in [0.25, 0.3) is 5.91 Å². The van der Waals surface area contributed by atoms with Gasteiger partial charge < -0.3 is 9.80 Å². The molecule has 3 atom stereocenters. The first kappa shape index (κ1) is 20.3. The van der Waals surface area contributed by atoms with Gasteiger partial charge in [-0.2, -0.15) is 0 Å². The molecule has 0 aromatic heterocycles. The molecular formula is C27H32N2O2. The smallest absolute Gasteiger partial charge is 0.254 e.